The van der Waals surface area contributed by atoms with Crippen LogP contribution in [0.3, 0.4) is 0 Å². The van der Waals surface area contributed by atoms with Crippen molar-refractivity contribution in [3.8, 4) is 6.07 Å². The van der Waals surface area contributed by atoms with Crippen LogP contribution in [-0.2, 0) is 4.79 Å². The summed E-state index contributed by atoms with van der Waals surface area (Å²) in [6.45, 7) is 1.79. The molecule has 0 aliphatic heterocycles. The molecule has 0 heterocycles. The van der Waals surface area contributed by atoms with E-state index >= 15 is 0 Å². The first kappa shape index (κ1) is 15.4. The number of carbonyl (C=O) groups excluding carboxylic acids is 1. The third-order valence-electron chi connectivity index (χ3n) is 2.55. The number of anilines is 1. The molecule has 2 amide bonds. The Labute approximate surface area is 115 Å². The van der Waals surface area contributed by atoms with Gasteiger partial charge >= 0.3 is 12.0 Å². The minimum Gasteiger partial charge on any atom is -0.480 e. The molecule has 7 heteroatoms. The summed E-state index contributed by atoms with van der Waals surface area (Å²) in [4.78, 5) is 22.6. The Bertz CT molecular complexity index is 554. The van der Waals surface area contributed by atoms with Crippen LogP contribution < -0.4 is 10.6 Å². The molecule has 106 valence electrons. The Morgan fingerprint density at radius 2 is 2.20 bits per heavy atom. The van der Waals surface area contributed by atoms with E-state index in [0.29, 0.717) is 6.42 Å². The van der Waals surface area contributed by atoms with Gasteiger partial charge in [-0.2, -0.15) is 5.26 Å². The summed E-state index contributed by atoms with van der Waals surface area (Å²) >= 11 is 0. The predicted molar refractivity (Wildman–Crippen MR) is 69.6 cm³/mol. The molecule has 0 saturated heterocycles. The fourth-order valence-electron chi connectivity index (χ4n) is 1.60. The van der Waals surface area contributed by atoms with Crippen LogP contribution in [-0.4, -0.2) is 23.1 Å². The molecule has 0 fully saturated rings. The zero-order valence-electron chi connectivity index (χ0n) is 10.8. The van der Waals surface area contributed by atoms with E-state index in [9.17, 15) is 14.0 Å². The van der Waals surface area contributed by atoms with Crippen molar-refractivity contribution in [2.75, 3.05) is 5.32 Å². The molecular formula is C13H14FN3O3. The molecule has 0 aliphatic rings. The summed E-state index contributed by atoms with van der Waals surface area (Å²) in [6.07, 6.45) is 0.859. The number of carbonyl (C=O) groups is 2. The SMILES string of the molecule is CCC[C@@H](NC(=O)Nc1cccc(F)c1C#N)C(=O)O. The van der Waals surface area contributed by atoms with Gasteiger partial charge in [0.2, 0.25) is 0 Å². The molecule has 0 radical (unpaired) electrons. The maximum atomic E-state index is 13.3. The molecule has 0 bridgehead atoms. The lowest BCUT2D eigenvalue weighted by Gasteiger charge is -2.14. The first-order valence-corrected chi connectivity index (χ1v) is 5.98. The number of hydrogen-bond donors (Lipinski definition) is 3. The van der Waals surface area contributed by atoms with Gasteiger partial charge in [-0.15, -0.1) is 0 Å². The molecule has 1 atom stereocenters. The molecule has 0 unspecified atom stereocenters. The van der Waals surface area contributed by atoms with E-state index in [4.69, 9.17) is 10.4 Å². The molecule has 1 aromatic carbocycles. The van der Waals surface area contributed by atoms with Crippen LogP contribution in [0.1, 0.15) is 25.3 Å². The minimum atomic E-state index is -1.15. The molecule has 0 saturated carbocycles. The zero-order valence-corrected chi connectivity index (χ0v) is 10.8. The van der Waals surface area contributed by atoms with Gasteiger partial charge in [0.25, 0.3) is 0 Å². The van der Waals surface area contributed by atoms with Crippen LogP contribution >= 0.6 is 0 Å². The molecule has 1 aromatic rings. The van der Waals surface area contributed by atoms with Gasteiger partial charge in [-0.05, 0) is 18.6 Å². The van der Waals surface area contributed by atoms with E-state index in [1.165, 1.54) is 12.1 Å². The lowest BCUT2D eigenvalue weighted by atomic mass is 10.1. The van der Waals surface area contributed by atoms with Crippen LogP contribution in [0.2, 0.25) is 0 Å². The number of aliphatic carboxylic acids is 1. The number of halogens is 1. The zero-order chi connectivity index (χ0) is 15.1. The second-order valence-corrected chi connectivity index (χ2v) is 4.05. The maximum Gasteiger partial charge on any atom is 0.326 e. The second kappa shape index (κ2) is 7.09. The highest BCUT2D eigenvalue weighted by Gasteiger charge is 2.19. The molecule has 20 heavy (non-hydrogen) atoms. The standard InChI is InChI=1S/C13H14FN3O3/c1-2-4-11(12(18)19)17-13(20)16-10-6-3-5-9(14)8(10)7-15/h3,5-6,11H,2,4H2,1H3,(H,18,19)(H2,16,17,20)/t11-/m1/s1. The van der Waals surface area contributed by atoms with E-state index in [0.717, 1.165) is 6.07 Å². The van der Waals surface area contributed by atoms with Gasteiger partial charge in [-0.3, -0.25) is 0 Å². The molecule has 1 rings (SSSR count). The summed E-state index contributed by atoms with van der Waals surface area (Å²) in [5.41, 5.74) is -0.310. The van der Waals surface area contributed by atoms with Gasteiger partial charge in [0.05, 0.1) is 5.69 Å². The van der Waals surface area contributed by atoms with E-state index < -0.39 is 23.9 Å². The van der Waals surface area contributed by atoms with Gasteiger partial charge in [0, 0.05) is 0 Å². The topological polar surface area (TPSA) is 102 Å². The largest absolute Gasteiger partial charge is 0.480 e. The van der Waals surface area contributed by atoms with E-state index in [1.807, 2.05) is 0 Å². The number of benzene rings is 1. The van der Waals surface area contributed by atoms with Gasteiger partial charge in [0.15, 0.2) is 0 Å². The number of urea groups is 1. The van der Waals surface area contributed by atoms with Crippen molar-refractivity contribution < 1.29 is 19.1 Å². The number of hydrogen-bond acceptors (Lipinski definition) is 3. The Kier molecular flexibility index (Phi) is 5.47. The van der Waals surface area contributed by atoms with Crippen LogP contribution in [0.5, 0.6) is 0 Å². The normalized spacial score (nSPS) is 11.2. The van der Waals surface area contributed by atoms with E-state index in [-0.39, 0.29) is 17.7 Å². The van der Waals surface area contributed by atoms with E-state index in [1.54, 1.807) is 13.0 Å². The van der Waals surface area contributed by atoms with Crippen LogP contribution in [0, 0.1) is 17.1 Å². The Morgan fingerprint density at radius 3 is 2.75 bits per heavy atom. The summed E-state index contributed by atoms with van der Waals surface area (Å²) in [5.74, 6) is -1.91. The average molecular weight is 279 g/mol. The second-order valence-electron chi connectivity index (χ2n) is 4.05. The summed E-state index contributed by atoms with van der Waals surface area (Å²) in [5, 5.41) is 22.2. The van der Waals surface area contributed by atoms with Gasteiger partial charge < -0.3 is 15.7 Å². The molecule has 6 nitrogen and oxygen atoms in total. The Morgan fingerprint density at radius 1 is 1.50 bits per heavy atom. The van der Waals surface area contributed by atoms with Crippen LogP contribution in [0.4, 0.5) is 14.9 Å². The van der Waals surface area contributed by atoms with Crippen LogP contribution in [0.15, 0.2) is 18.2 Å². The quantitative estimate of drug-likeness (QED) is 0.767. The number of carboxylic acid groups (broad SMARTS) is 1. The third kappa shape index (κ3) is 3.95. The number of nitrogens with zero attached hydrogens (tertiary/aromatic N) is 1. The highest BCUT2D eigenvalue weighted by atomic mass is 19.1. The minimum absolute atomic E-state index is 0.00867. The van der Waals surface area contributed by atoms with Gasteiger partial charge in [0.1, 0.15) is 23.5 Å². The first-order valence-electron chi connectivity index (χ1n) is 5.98. The highest BCUT2D eigenvalue weighted by Crippen LogP contribution is 2.17. The number of carboxylic acids is 1. The number of nitriles is 1. The van der Waals surface area contributed by atoms with Crippen molar-refractivity contribution in [1.82, 2.24) is 5.32 Å². The predicted octanol–water partition coefficient (Wildman–Crippen LogP) is 2.07. The lowest BCUT2D eigenvalue weighted by Crippen LogP contribution is -2.43. The maximum absolute atomic E-state index is 13.3. The number of nitrogens with one attached hydrogen (secondary N) is 2. The summed E-state index contributed by atoms with van der Waals surface area (Å²) < 4.78 is 13.3. The Hall–Kier alpha value is -2.62. The Balaban J connectivity index is 2.79. The summed E-state index contributed by atoms with van der Waals surface area (Å²) in [7, 11) is 0. The van der Waals surface area contributed by atoms with Crippen molar-refractivity contribution >= 4 is 17.7 Å². The van der Waals surface area contributed by atoms with Crippen LogP contribution in [0.25, 0.3) is 0 Å². The molecule has 0 aliphatic carbocycles. The van der Waals surface area contributed by atoms with E-state index in [2.05, 4.69) is 10.6 Å². The average Bonchev–Trinajstić information content (AvgIpc) is 2.38. The first-order chi connectivity index (χ1) is 9.49. The fraction of sp³-hybridized carbons (Fsp3) is 0.308. The van der Waals surface area contributed by atoms with Crippen molar-refractivity contribution in [2.24, 2.45) is 0 Å². The third-order valence-corrected chi connectivity index (χ3v) is 2.55. The van der Waals surface area contributed by atoms with Gasteiger partial charge in [-0.1, -0.05) is 19.4 Å². The fourth-order valence-corrected chi connectivity index (χ4v) is 1.60. The van der Waals surface area contributed by atoms with Gasteiger partial charge in [-0.25, -0.2) is 14.0 Å². The smallest absolute Gasteiger partial charge is 0.326 e. The number of amides is 2. The summed E-state index contributed by atoms with van der Waals surface area (Å²) in [6, 6.07) is 3.60. The van der Waals surface area contributed by atoms with Crippen molar-refractivity contribution in [3.63, 3.8) is 0 Å². The van der Waals surface area contributed by atoms with Crippen molar-refractivity contribution in [1.29, 1.82) is 5.26 Å². The van der Waals surface area contributed by atoms with Crippen molar-refractivity contribution in [2.45, 2.75) is 25.8 Å². The number of rotatable bonds is 5. The lowest BCUT2D eigenvalue weighted by molar-refractivity contribution is -0.139. The highest BCUT2D eigenvalue weighted by molar-refractivity contribution is 5.93. The monoisotopic (exact) mass is 279 g/mol. The molecule has 0 spiro atoms. The van der Waals surface area contributed by atoms with Crippen molar-refractivity contribution in [3.05, 3.63) is 29.6 Å². The molecule has 0 aromatic heterocycles. The molecular weight excluding hydrogens is 265 g/mol. The molecule has 3 N–H and O–H groups in total.